The van der Waals surface area contributed by atoms with Gasteiger partial charge in [-0.05, 0) is 30.6 Å². The van der Waals surface area contributed by atoms with Crippen LogP contribution in [-0.4, -0.2) is 54.0 Å². The lowest BCUT2D eigenvalue weighted by Gasteiger charge is -2.33. The number of nitrogens with one attached hydrogen (secondary N) is 1. The van der Waals surface area contributed by atoms with Crippen molar-refractivity contribution in [2.75, 3.05) is 43.4 Å². The van der Waals surface area contributed by atoms with Crippen LogP contribution < -0.4 is 10.2 Å². The number of nitrogens with zero attached hydrogens (tertiary/aromatic N) is 4. The summed E-state index contributed by atoms with van der Waals surface area (Å²) in [6.07, 6.45) is 1.71. The van der Waals surface area contributed by atoms with Crippen LogP contribution in [0.25, 0.3) is 9.88 Å². The Kier molecular flexibility index (Phi) is 4.96. The summed E-state index contributed by atoms with van der Waals surface area (Å²) in [4.78, 5) is 27.0. The molecular formula is C18H19N5OS2. The van der Waals surface area contributed by atoms with Crippen molar-refractivity contribution in [3.05, 3.63) is 46.9 Å². The predicted molar refractivity (Wildman–Crippen MR) is 107 cm³/mol. The van der Waals surface area contributed by atoms with Gasteiger partial charge in [0.2, 0.25) is 0 Å². The normalized spacial score (nSPS) is 15.2. The average molecular weight is 386 g/mol. The molecule has 4 rings (SSSR count). The maximum Gasteiger partial charge on any atom is 0.275 e. The molecule has 0 bridgehead atoms. The van der Waals surface area contributed by atoms with E-state index in [9.17, 15) is 4.79 Å². The lowest BCUT2D eigenvalue weighted by Crippen LogP contribution is -2.44. The summed E-state index contributed by atoms with van der Waals surface area (Å²) in [5.74, 6) is 0.739. The quantitative estimate of drug-likeness (QED) is 0.747. The second kappa shape index (κ2) is 7.53. The lowest BCUT2D eigenvalue weighted by molar-refractivity contribution is 0.102. The molecule has 1 amide bonds. The third-order valence-corrected chi connectivity index (χ3v) is 6.18. The number of thiazole rings is 1. The molecule has 1 aliphatic rings. The van der Waals surface area contributed by atoms with E-state index < -0.39 is 0 Å². The first kappa shape index (κ1) is 17.1. The fourth-order valence-electron chi connectivity index (χ4n) is 2.77. The molecule has 0 aliphatic carbocycles. The molecule has 3 aromatic heterocycles. The Morgan fingerprint density at radius 3 is 2.69 bits per heavy atom. The van der Waals surface area contributed by atoms with Gasteiger partial charge in [0.1, 0.15) is 16.5 Å². The van der Waals surface area contributed by atoms with Gasteiger partial charge in [0.15, 0.2) is 0 Å². The maximum atomic E-state index is 12.4. The van der Waals surface area contributed by atoms with Gasteiger partial charge in [-0.3, -0.25) is 4.79 Å². The molecule has 0 spiro atoms. The van der Waals surface area contributed by atoms with Gasteiger partial charge in [-0.15, -0.1) is 22.7 Å². The first-order valence-electron chi connectivity index (χ1n) is 8.39. The highest BCUT2D eigenvalue weighted by Gasteiger charge is 2.16. The molecular weight excluding hydrogens is 366 g/mol. The number of pyridine rings is 1. The minimum Gasteiger partial charge on any atom is -0.354 e. The van der Waals surface area contributed by atoms with Crippen molar-refractivity contribution in [2.24, 2.45) is 0 Å². The highest BCUT2D eigenvalue weighted by Crippen LogP contribution is 2.28. The largest absolute Gasteiger partial charge is 0.354 e. The van der Waals surface area contributed by atoms with E-state index in [1.165, 1.54) is 11.3 Å². The van der Waals surface area contributed by atoms with Crippen LogP contribution in [0.15, 0.2) is 41.2 Å². The van der Waals surface area contributed by atoms with Gasteiger partial charge in [0, 0.05) is 31.6 Å². The van der Waals surface area contributed by atoms with Crippen LogP contribution in [0.2, 0.25) is 0 Å². The van der Waals surface area contributed by atoms with Crippen molar-refractivity contribution in [3.8, 4) is 9.88 Å². The summed E-state index contributed by atoms with van der Waals surface area (Å²) >= 11 is 3.10. The standard InChI is InChI=1S/C18H19N5OS2/c1-22-6-8-23(9-7-22)16-5-4-13(11-19-16)20-17(24)14-12-26-18(21-14)15-3-2-10-25-15/h2-5,10-12H,6-9H2,1H3,(H,20,24). The van der Waals surface area contributed by atoms with E-state index in [2.05, 4.69) is 32.1 Å². The van der Waals surface area contributed by atoms with Gasteiger partial charge in [0.05, 0.1) is 16.8 Å². The number of likely N-dealkylation sites (N-methyl/N-ethyl adjacent to an activating group) is 1. The summed E-state index contributed by atoms with van der Waals surface area (Å²) in [5.41, 5.74) is 1.11. The van der Waals surface area contributed by atoms with Crippen LogP contribution in [0.5, 0.6) is 0 Å². The van der Waals surface area contributed by atoms with Gasteiger partial charge in [-0.1, -0.05) is 6.07 Å². The van der Waals surface area contributed by atoms with E-state index in [1.54, 1.807) is 22.9 Å². The first-order valence-corrected chi connectivity index (χ1v) is 10.2. The number of piperazine rings is 1. The molecule has 0 unspecified atom stereocenters. The van der Waals surface area contributed by atoms with Crippen LogP contribution in [0.3, 0.4) is 0 Å². The van der Waals surface area contributed by atoms with E-state index in [4.69, 9.17) is 0 Å². The molecule has 4 heterocycles. The smallest absolute Gasteiger partial charge is 0.275 e. The van der Waals surface area contributed by atoms with Gasteiger partial charge >= 0.3 is 0 Å². The number of hydrogen-bond donors (Lipinski definition) is 1. The Balaban J connectivity index is 1.40. The summed E-state index contributed by atoms with van der Waals surface area (Å²) in [7, 11) is 2.13. The lowest BCUT2D eigenvalue weighted by atomic mass is 10.3. The molecule has 1 N–H and O–H groups in total. The average Bonchev–Trinajstić information content (AvgIpc) is 3.35. The molecule has 6 nitrogen and oxygen atoms in total. The summed E-state index contributed by atoms with van der Waals surface area (Å²) < 4.78 is 0. The minimum absolute atomic E-state index is 0.210. The minimum atomic E-state index is -0.210. The molecule has 3 aromatic rings. The number of aromatic nitrogens is 2. The SMILES string of the molecule is CN1CCN(c2ccc(NC(=O)c3csc(-c4cccs4)n3)cn2)CC1. The fraction of sp³-hybridized carbons (Fsp3) is 0.278. The molecule has 134 valence electrons. The van der Waals surface area contributed by atoms with Crippen molar-refractivity contribution in [2.45, 2.75) is 0 Å². The molecule has 1 saturated heterocycles. The highest BCUT2D eigenvalue weighted by atomic mass is 32.1. The first-order chi connectivity index (χ1) is 12.7. The number of thiophene rings is 1. The maximum absolute atomic E-state index is 12.4. The number of carbonyl (C=O) groups is 1. The second-order valence-corrected chi connectivity index (χ2v) is 7.97. The summed E-state index contributed by atoms with van der Waals surface area (Å²) in [6, 6.07) is 7.84. The molecule has 0 saturated carbocycles. The Labute approximate surface area is 160 Å². The Hall–Kier alpha value is -2.29. The Bertz CT molecular complexity index is 867. The number of hydrogen-bond acceptors (Lipinski definition) is 7. The zero-order valence-electron chi connectivity index (χ0n) is 14.4. The number of anilines is 2. The van der Waals surface area contributed by atoms with E-state index in [-0.39, 0.29) is 5.91 Å². The monoisotopic (exact) mass is 385 g/mol. The number of amides is 1. The van der Waals surface area contributed by atoms with Crippen molar-refractivity contribution in [1.29, 1.82) is 0 Å². The van der Waals surface area contributed by atoms with Crippen molar-refractivity contribution in [3.63, 3.8) is 0 Å². The summed E-state index contributed by atoms with van der Waals surface area (Å²) in [6.45, 7) is 4.02. The topological polar surface area (TPSA) is 61.4 Å². The molecule has 8 heteroatoms. The van der Waals surface area contributed by atoms with E-state index in [0.717, 1.165) is 41.9 Å². The Morgan fingerprint density at radius 2 is 2.00 bits per heavy atom. The fourth-order valence-corrected chi connectivity index (χ4v) is 4.38. The van der Waals surface area contributed by atoms with E-state index >= 15 is 0 Å². The van der Waals surface area contributed by atoms with Crippen LogP contribution in [0.1, 0.15) is 10.5 Å². The zero-order valence-corrected chi connectivity index (χ0v) is 16.0. The summed E-state index contributed by atoms with van der Waals surface area (Å²) in [5, 5.41) is 7.53. The third kappa shape index (κ3) is 3.77. The van der Waals surface area contributed by atoms with E-state index in [1.807, 2.05) is 29.6 Å². The van der Waals surface area contributed by atoms with Crippen molar-refractivity contribution in [1.82, 2.24) is 14.9 Å². The van der Waals surface area contributed by atoms with Crippen LogP contribution >= 0.6 is 22.7 Å². The second-order valence-electron chi connectivity index (χ2n) is 6.16. The molecule has 0 atom stereocenters. The molecule has 26 heavy (non-hydrogen) atoms. The molecule has 0 aromatic carbocycles. The Morgan fingerprint density at radius 1 is 1.15 bits per heavy atom. The van der Waals surface area contributed by atoms with E-state index in [0.29, 0.717) is 11.4 Å². The number of rotatable bonds is 4. The highest BCUT2D eigenvalue weighted by molar-refractivity contribution is 7.20. The van der Waals surface area contributed by atoms with Crippen molar-refractivity contribution >= 4 is 40.1 Å². The molecule has 0 radical (unpaired) electrons. The molecule has 1 fully saturated rings. The van der Waals surface area contributed by atoms with Crippen LogP contribution in [0.4, 0.5) is 11.5 Å². The van der Waals surface area contributed by atoms with Gasteiger partial charge in [-0.25, -0.2) is 9.97 Å². The molecule has 1 aliphatic heterocycles. The van der Waals surface area contributed by atoms with Crippen molar-refractivity contribution < 1.29 is 4.79 Å². The van der Waals surface area contributed by atoms with Gasteiger partial charge in [0.25, 0.3) is 5.91 Å². The van der Waals surface area contributed by atoms with Crippen LogP contribution in [-0.2, 0) is 0 Å². The third-order valence-electron chi connectivity index (χ3n) is 4.30. The van der Waals surface area contributed by atoms with Gasteiger partial charge in [-0.2, -0.15) is 0 Å². The number of carbonyl (C=O) groups excluding carboxylic acids is 1. The zero-order chi connectivity index (χ0) is 17.9. The van der Waals surface area contributed by atoms with Crippen LogP contribution in [0, 0.1) is 0 Å². The van der Waals surface area contributed by atoms with Gasteiger partial charge < -0.3 is 15.1 Å². The predicted octanol–water partition coefficient (Wildman–Crippen LogP) is 3.27.